The van der Waals surface area contributed by atoms with Gasteiger partial charge in [0, 0.05) is 12.6 Å². The van der Waals surface area contributed by atoms with E-state index in [0.29, 0.717) is 12.1 Å². The Kier molecular flexibility index (Phi) is 4.97. The van der Waals surface area contributed by atoms with Crippen LogP contribution in [0.2, 0.25) is 0 Å². The van der Waals surface area contributed by atoms with E-state index >= 15 is 0 Å². The van der Waals surface area contributed by atoms with Crippen LogP contribution in [0.15, 0.2) is 30.3 Å². The first-order valence-electron chi connectivity index (χ1n) is 8.75. The van der Waals surface area contributed by atoms with Gasteiger partial charge in [0.15, 0.2) is 0 Å². The molecule has 3 rings (SSSR count). The Hall–Kier alpha value is -0.860. The molecule has 0 radical (unpaired) electrons. The summed E-state index contributed by atoms with van der Waals surface area (Å²) in [4.78, 5) is 0. The fourth-order valence-electron chi connectivity index (χ4n) is 3.67. The number of hydrogen-bond acceptors (Lipinski definition) is 2. The zero-order valence-electron chi connectivity index (χ0n) is 13.4. The van der Waals surface area contributed by atoms with Crippen molar-refractivity contribution in [2.24, 2.45) is 11.8 Å². The highest BCUT2D eigenvalue weighted by molar-refractivity contribution is 5.27. The molecule has 2 heteroatoms. The van der Waals surface area contributed by atoms with Crippen molar-refractivity contribution in [2.45, 2.75) is 57.6 Å². The predicted molar refractivity (Wildman–Crippen MR) is 87.5 cm³/mol. The summed E-state index contributed by atoms with van der Waals surface area (Å²) in [6.07, 6.45) is 5.67. The van der Waals surface area contributed by atoms with E-state index in [1.807, 2.05) is 0 Å². The van der Waals surface area contributed by atoms with E-state index in [-0.39, 0.29) is 0 Å². The lowest BCUT2D eigenvalue weighted by Gasteiger charge is -2.29. The molecule has 1 aromatic carbocycles. The molecule has 0 aromatic heterocycles. The topological polar surface area (TPSA) is 21.3 Å². The lowest BCUT2D eigenvalue weighted by molar-refractivity contribution is 0.0129. The molecule has 0 spiro atoms. The van der Waals surface area contributed by atoms with Gasteiger partial charge < -0.3 is 10.1 Å². The molecule has 2 fully saturated rings. The van der Waals surface area contributed by atoms with Crippen LogP contribution < -0.4 is 5.32 Å². The summed E-state index contributed by atoms with van der Waals surface area (Å²) in [5.41, 5.74) is 1.51. The van der Waals surface area contributed by atoms with Crippen molar-refractivity contribution in [1.82, 2.24) is 5.32 Å². The zero-order valence-corrected chi connectivity index (χ0v) is 13.4. The van der Waals surface area contributed by atoms with Gasteiger partial charge in [-0.2, -0.15) is 0 Å². The molecule has 1 aromatic rings. The number of hydrogen-bond donors (Lipinski definition) is 1. The molecule has 0 amide bonds. The third kappa shape index (κ3) is 3.67. The van der Waals surface area contributed by atoms with Crippen LogP contribution in [0.25, 0.3) is 0 Å². The molecule has 4 atom stereocenters. The smallest absolute Gasteiger partial charge is 0.0758 e. The van der Waals surface area contributed by atoms with Crippen LogP contribution in [0.3, 0.4) is 0 Å². The minimum Gasteiger partial charge on any atom is -0.377 e. The minimum atomic E-state index is 0.431. The Bertz CT molecular complexity index is 428. The maximum atomic E-state index is 6.15. The highest BCUT2D eigenvalue weighted by Gasteiger charge is 2.49. The van der Waals surface area contributed by atoms with Crippen molar-refractivity contribution in [2.75, 3.05) is 13.2 Å². The molecule has 21 heavy (non-hydrogen) atoms. The molecule has 4 unspecified atom stereocenters. The molecular weight excluding hydrogens is 258 g/mol. The quantitative estimate of drug-likeness (QED) is 0.742. The Morgan fingerprint density at radius 1 is 1.19 bits per heavy atom. The van der Waals surface area contributed by atoms with Crippen LogP contribution in [0.5, 0.6) is 0 Å². The highest BCUT2D eigenvalue weighted by atomic mass is 16.5. The summed E-state index contributed by atoms with van der Waals surface area (Å²) in [5, 5.41) is 3.81. The Balaban J connectivity index is 1.68. The van der Waals surface area contributed by atoms with Crippen LogP contribution in [0.4, 0.5) is 0 Å². The maximum absolute atomic E-state index is 6.15. The van der Waals surface area contributed by atoms with E-state index in [1.54, 1.807) is 0 Å². The molecule has 2 aliphatic rings. The Morgan fingerprint density at radius 2 is 1.95 bits per heavy atom. The van der Waals surface area contributed by atoms with E-state index < -0.39 is 0 Å². The maximum Gasteiger partial charge on any atom is 0.0758 e. The summed E-state index contributed by atoms with van der Waals surface area (Å²) in [7, 11) is 0. The second-order valence-corrected chi connectivity index (χ2v) is 6.65. The fourth-order valence-corrected chi connectivity index (χ4v) is 3.67. The number of rotatable bonds is 9. The average molecular weight is 287 g/mol. The first kappa shape index (κ1) is 15.1. The average Bonchev–Trinajstić information content (AvgIpc) is 3.39. The van der Waals surface area contributed by atoms with E-state index in [4.69, 9.17) is 4.74 Å². The second kappa shape index (κ2) is 6.93. The van der Waals surface area contributed by atoms with Crippen LogP contribution in [-0.4, -0.2) is 25.3 Å². The van der Waals surface area contributed by atoms with E-state index in [0.717, 1.165) is 30.9 Å². The van der Waals surface area contributed by atoms with Gasteiger partial charge in [-0.05, 0) is 62.5 Å². The van der Waals surface area contributed by atoms with Gasteiger partial charge in [-0.15, -0.1) is 0 Å². The van der Waals surface area contributed by atoms with Crippen LogP contribution in [0, 0.1) is 11.8 Å². The normalized spacial score (nSPS) is 27.3. The highest BCUT2D eigenvalue weighted by Crippen LogP contribution is 2.52. The van der Waals surface area contributed by atoms with Crippen molar-refractivity contribution in [1.29, 1.82) is 0 Å². The van der Waals surface area contributed by atoms with E-state index in [1.165, 1.54) is 31.2 Å². The van der Waals surface area contributed by atoms with Crippen LogP contribution in [0.1, 0.15) is 51.0 Å². The monoisotopic (exact) mass is 287 g/mol. The lowest BCUT2D eigenvalue weighted by atomic mass is 9.97. The van der Waals surface area contributed by atoms with Gasteiger partial charge in [0.2, 0.25) is 0 Å². The van der Waals surface area contributed by atoms with Gasteiger partial charge in [-0.3, -0.25) is 0 Å². The first-order valence-corrected chi connectivity index (χ1v) is 8.75. The Labute approximate surface area is 129 Å². The molecule has 2 aliphatic carbocycles. The van der Waals surface area contributed by atoms with Crippen molar-refractivity contribution >= 4 is 0 Å². The van der Waals surface area contributed by atoms with Crippen molar-refractivity contribution < 1.29 is 4.74 Å². The molecule has 0 heterocycles. The van der Waals surface area contributed by atoms with Gasteiger partial charge in [0.1, 0.15) is 0 Å². The number of benzene rings is 1. The molecule has 116 valence electrons. The fraction of sp³-hybridized carbons (Fsp3) is 0.684. The molecule has 0 aliphatic heterocycles. The van der Waals surface area contributed by atoms with Gasteiger partial charge >= 0.3 is 0 Å². The predicted octanol–water partition coefficient (Wildman–Crippen LogP) is 3.97. The van der Waals surface area contributed by atoms with Crippen molar-refractivity contribution in [3.05, 3.63) is 35.9 Å². The first-order chi connectivity index (χ1) is 10.3. The SMILES string of the molecule is CCCNC(C1CC1c1ccccc1)C(OCC)C1CC1. The minimum absolute atomic E-state index is 0.431. The number of nitrogens with one attached hydrogen (secondary N) is 1. The third-order valence-corrected chi connectivity index (χ3v) is 4.96. The van der Waals surface area contributed by atoms with E-state index in [2.05, 4.69) is 49.5 Å². The summed E-state index contributed by atoms with van der Waals surface area (Å²) >= 11 is 0. The molecule has 0 bridgehead atoms. The molecule has 0 saturated heterocycles. The Morgan fingerprint density at radius 3 is 2.57 bits per heavy atom. The largest absolute Gasteiger partial charge is 0.377 e. The van der Waals surface area contributed by atoms with Gasteiger partial charge in [0.25, 0.3) is 0 Å². The van der Waals surface area contributed by atoms with Crippen molar-refractivity contribution in [3.63, 3.8) is 0 Å². The molecule has 1 N–H and O–H groups in total. The summed E-state index contributed by atoms with van der Waals surface area (Å²) in [6, 6.07) is 11.6. The van der Waals surface area contributed by atoms with Gasteiger partial charge in [0.05, 0.1) is 6.10 Å². The number of ether oxygens (including phenoxy) is 1. The summed E-state index contributed by atoms with van der Waals surface area (Å²) < 4.78 is 6.15. The zero-order chi connectivity index (χ0) is 14.7. The van der Waals surface area contributed by atoms with E-state index in [9.17, 15) is 0 Å². The summed E-state index contributed by atoms with van der Waals surface area (Å²) in [5.74, 6) is 2.30. The van der Waals surface area contributed by atoms with Gasteiger partial charge in [-0.25, -0.2) is 0 Å². The molecule has 2 saturated carbocycles. The third-order valence-electron chi connectivity index (χ3n) is 4.96. The standard InChI is InChI=1S/C19H29NO/c1-3-12-20-18(19(21-4-2)15-10-11-15)17-13-16(17)14-8-6-5-7-9-14/h5-9,15-20H,3-4,10-13H2,1-2H3. The van der Waals surface area contributed by atoms with Crippen LogP contribution in [-0.2, 0) is 4.74 Å². The second-order valence-electron chi connectivity index (χ2n) is 6.65. The van der Waals surface area contributed by atoms with Crippen LogP contribution >= 0.6 is 0 Å². The molecule has 2 nitrogen and oxygen atoms in total. The van der Waals surface area contributed by atoms with Gasteiger partial charge in [-0.1, -0.05) is 37.3 Å². The summed E-state index contributed by atoms with van der Waals surface area (Å²) in [6.45, 7) is 6.33. The lowest BCUT2D eigenvalue weighted by Crippen LogP contribution is -2.45. The molecular formula is C19H29NO. The van der Waals surface area contributed by atoms with Crippen molar-refractivity contribution in [3.8, 4) is 0 Å².